The van der Waals surface area contributed by atoms with Gasteiger partial charge < -0.3 is 4.74 Å². The second-order valence-corrected chi connectivity index (χ2v) is 4.66. The van der Waals surface area contributed by atoms with Gasteiger partial charge in [0.15, 0.2) is 5.17 Å². The highest BCUT2D eigenvalue weighted by Gasteiger charge is 2.16. The lowest BCUT2D eigenvalue weighted by atomic mass is 10.2. The zero-order valence-corrected chi connectivity index (χ0v) is 9.25. The molecule has 0 heterocycles. The first-order valence-electron chi connectivity index (χ1n) is 4.06. The maximum absolute atomic E-state index is 11.1. The molecule has 0 atom stereocenters. The van der Waals surface area contributed by atoms with Crippen molar-refractivity contribution in [1.29, 1.82) is 5.41 Å². The number of thioether (sulfide) groups is 1. The highest BCUT2D eigenvalue weighted by Crippen LogP contribution is 2.07. The van der Waals surface area contributed by atoms with Crippen LogP contribution in [0.2, 0.25) is 0 Å². The number of hydrogen-bond donors (Lipinski definition) is 2. The normalized spacial score (nSPS) is 10.8. The van der Waals surface area contributed by atoms with Gasteiger partial charge in [-0.2, -0.15) is 0 Å². The minimum absolute atomic E-state index is 0.122. The molecule has 4 nitrogen and oxygen atoms in total. The molecule has 0 rings (SSSR count). The molecule has 0 aromatic carbocycles. The smallest absolute Gasteiger partial charge is 0.413 e. The van der Waals surface area contributed by atoms with Crippen LogP contribution in [-0.2, 0) is 4.74 Å². The van der Waals surface area contributed by atoms with E-state index in [9.17, 15) is 4.79 Å². The molecule has 0 spiro atoms. The van der Waals surface area contributed by atoms with Crippen molar-refractivity contribution in [3.05, 3.63) is 0 Å². The van der Waals surface area contributed by atoms with Crippen LogP contribution in [0.5, 0.6) is 0 Å². The third kappa shape index (κ3) is 7.64. The number of amidine groups is 1. The van der Waals surface area contributed by atoms with E-state index in [1.54, 1.807) is 20.8 Å². The van der Waals surface area contributed by atoms with Gasteiger partial charge >= 0.3 is 6.09 Å². The lowest BCUT2D eigenvalue weighted by Crippen LogP contribution is -2.34. The molecule has 0 bridgehead atoms. The van der Waals surface area contributed by atoms with Crippen molar-refractivity contribution >= 4 is 23.0 Å². The standard InChI is InChI=1S/C8H16N2O2S/c1-5-13-6(9)10-7(11)12-8(2,3)4/h5H2,1-4H3,(H2,9,10,11). The largest absolute Gasteiger partial charge is 0.444 e. The van der Waals surface area contributed by atoms with Crippen molar-refractivity contribution in [3.63, 3.8) is 0 Å². The first kappa shape index (κ1) is 12.3. The van der Waals surface area contributed by atoms with E-state index in [0.29, 0.717) is 0 Å². The Morgan fingerprint density at radius 1 is 1.54 bits per heavy atom. The number of amides is 1. The van der Waals surface area contributed by atoms with Gasteiger partial charge in [-0.3, -0.25) is 10.7 Å². The van der Waals surface area contributed by atoms with E-state index in [4.69, 9.17) is 10.1 Å². The molecule has 76 valence electrons. The number of alkyl carbamates (subject to hydrolysis) is 1. The molecule has 0 fully saturated rings. The maximum atomic E-state index is 11.1. The highest BCUT2D eigenvalue weighted by molar-refractivity contribution is 8.13. The fourth-order valence-electron chi connectivity index (χ4n) is 0.577. The van der Waals surface area contributed by atoms with Crippen LogP contribution in [0.25, 0.3) is 0 Å². The van der Waals surface area contributed by atoms with Crippen molar-refractivity contribution in [2.45, 2.75) is 33.3 Å². The summed E-state index contributed by atoms with van der Waals surface area (Å²) in [7, 11) is 0. The van der Waals surface area contributed by atoms with E-state index in [1.807, 2.05) is 6.92 Å². The first-order chi connectivity index (χ1) is 5.85. The van der Waals surface area contributed by atoms with Gasteiger partial charge in [0, 0.05) is 0 Å². The quantitative estimate of drug-likeness (QED) is 0.508. The SMILES string of the molecule is CCSC(=N)NC(=O)OC(C)(C)C. The number of nitrogens with one attached hydrogen (secondary N) is 2. The molecule has 2 N–H and O–H groups in total. The number of carbonyl (C=O) groups excluding carboxylic acids is 1. The lowest BCUT2D eigenvalue weighted by Gasteiger charge is -2.19. The van der Waals surface area contributed by atoms with E-state index in [1.165, 1.54) is 11.8 Å². The van der Waals surface area contributed by atoms with E-state index in [2.05, 4.69) is 5.32 Å². The zero-order valence-electron chi connectivity index (χ0n) is 8.43. The maximum Gasteiger partial charge on any atom is 0.413 e. The Bertz CT molecular complexity index is 199. The van der Waals surface area contributed by atoms with Gasteiger partial charge in [-0.15, -0.1) is 0 Å². The van der Waals surface area contributed by atoms with Gasteiger partial charge in [-0.25, -0.2) is 4.79 Å². The highest BCUT2D eigenvalue weighted by atomic mass is 32.2. The summed E-state index contributed by atoms with van der Waals surface area (Å²) < 4.78 is 4.95. The molecule has 0 aromatic rings. The second kappa shape index (κ2) is 5.11. The third-order valence-corrected chi connectivity index (χ3v) is 1.58. The van der Waals surface area contributed by atoms with Crippen molar-refractivity contribution < 1.29 is 9.53 Å². The summed E-state index contributed by atoms with van der Waals surface area (Å²) in [4.78, 5) is 11.1. The average Bonchev–Trinajstić information content (AvgIpc) is 1.81. The van der Waals surface area contributed by atoms with Gasteiger partial charge in [-0.05, 0) is 26.5 Å². The Morgan fingerprint density at radius 2 is 2.08 bits per heavy atom. The first-order valence-corrected chi connectivity index (χ1v) is 5.05. The molecule has 0 saturated carbocycles. The van der Waals surface area contributed by atoms with Crippen LogP contribution in [0.3, 0.4) is 0 Å². The minimum Gasteiger partial charge on any atom is -0.444 e. The summed E-state index contributed by atoms with van der Waals surface area (Å²) in [6.07, 6.45) is -0.571. The molecule has 0 aromatic heterocycles. The van der Waals surface area contributed by atoms with E-state index < -0.39 is 11.7 Å². The van der Waals surface area contributed by atoms with Crippen LogP contribution in [0.4, 0.5) is 4.79 Å². The summed E-state index contributed by atoms with van der Waals surface area (Å²) in [6.45, 7) is 7.26. The second-order valence-electron chi connectivity index (χ2n) is 3.39. The van der Waals surface area contributed by atoms with Gasteiger partial charge in [0.2, 0.25) is 0 Å². The number of ether oxygens (including phenoxy) is 1. The van der Waals surface area contributed by atoms with E-state index >= 15 is 0 Å². The molecule has 5 heteroatoms. The van der Waals surface area contributed by atoms with Gasteiger partial charge in [0.25, 0.3) is 0 Å². The van der Waals surface area contributed by atoms with Crippen LogP contribution in [0.15, 0.2) is 0 Å². The predicted molar refractivity (Wildman–Crippen MR) is 55.2 cm³/mol. The van der Waals surface area contributed by atoms with Gasteiger partial charge in [-0.1, -0.05) is 18.7 Å². The zero-order chi connectivity index (χ0) is 10.5. The molecule has 0 saturated heterocycles. The summed E-state index contributed by atoms with van der Waals surface area (Å²) in [5.74, 6) is 0.759. The Morgan fingerprint density at radius 3 is 2.46 bits per heavy atom. The van der Waals surface area contributed by atoms with Crippen LogP contribution < -0.4 is 5.32 Å². The summed E-state index contributed by atoms with van der Waals surface area (Å²) >= 11 is 1.26. The molecule has 0 radical (unpaired) electrons. The topological polar surface area (TPSA) is 62.2 Å². The predicted octanol–water partition coefficient (Wildman–Crippen LogP) is 2.20. The summed E-state index contributed by atoms with van der Waals surface area (Å²) in [5, 5.41) is 9.72. The number of rotatable bonds is 1. The van der Waals surface area contributed by atoms with Gasteiger partial charge in [0.05, 0.1) is 0 Å². The van der Waals surface area contributed by atoms with Crippen LogP contribution in [0.1, 0.15) is 27.7 Å². The minimum atomic E-state index is -0.571. The molecule has 0 aliphatic heterocycles. The fraction of sp³-hybridized carbons (Fsp3) is 0.750. The lowest BCUT2D eigenvalue weighted by molar-refractivity contribution is 0.0564. The molecule has 1 amide bonds. The Balaban J connectivity index is 3.82. The Hall–Kier alpha value is -0.710. The molecule has 0 aliphatic rings. The van der Waals surface area contributed by atoms with E-state index in [0.717, 1.165) is 5.75 Å². The summed E-state index contributed by atoms with van der Waals surface area (Å²) in [6, 6.07) is 0. The molecular formula is C8H16N2O2S. The number of carbonyl (C=O) groups is 1. The van der Waals surface area contributed by atoms with Crippen LogP contribution in [0, 0.1) is 5.41 Å². The summed E-state index contributed by atoms with van der Waals surface area (Å²) in [5.41, 5.74) is -0.513. The van der Waals surface area contributed by atoms with Crippen molar-refractivity contribution in [1.82, 2.24) is 5.32 Å². The average molecular weight is 204 g/mol. The molecule has 13 heavy (non-hydrogen) atoms. The Labute approximate surface area is 82.9 Å². The van der Waals surface area contributed by atoms with Crippen molar-refractivity contribution in [3.8, 4) is 0 Å². The van der Waals surface area contributed by atoms with Crippen molar-refractivity contribution in [2.24, 2.45) is 0 Å². The third-order valence-electron chi connectivity index (χ3n) is 0.903. The number of hydrogen-bond acceptors (Lipinski definition) is 4. The van der Waals surface area contributed by atoms with Crippen LogP contribution in [-0.4, -0.2) is 22.6 Å². The molecular weight excluding hydrogens is 188 g/mol. The fourth-order valence-corrected chi connectivity index (χ4v) is 1.02. The molecule has 0 aliphatic carbocycles. The van der Waals surface area contributed by atoms with Crippen LogP contribution >= 0.6 is 11.8 Å². The Kier molecular flexibility index (Phi) is 4.83. The monoisotopic (exact) mass is 204 g/mol. The van der Waals surface area contributed by atoms with Gasteiger partial charge in [0.1, 0.15) is 5.60 Å². The van der Waals surface area contributed by atoms with E-state index in [-0.39, 0.29) is 5.17 Å². The molecule has 0 unspecified atom stereocenters. The van der Waals surface area contributed by atoms with Crippen molar-refractivity contribution in [2.75, 3.05) is 5.75 Å².